The Bertz CT molecular complexity index is 734. The molecule has 0 saturated carbocycles. The van der Waals surface area contributed by atoms with Crippen molar-refractivity contribution >= 4 is 35.2 Å². The summed E-state index contributed by atoms with van der Waals surface area (Å²) in [5.74, 6) is -0.473. The van der Waals surface area contributed by atoms with E-state index >= 15 is 0 Å². The highest BCUT2D eigenvalue weighted by Crippen LogP contribution is 2.30. The van der Waals surface area contributed by atoms with E-state index < -0.39 is 12.1 Å². The van der Waals surface area contributed by atoms with Crippen LogP contribution in [0.25, 0.3) is 0 Å². The summed E-state index contributed by atoms with van der Waals surface area (Å²) in [6, 6.07) is -0.245. The van der Waals surface area contributed by atoms with Crippen LogP contribution in [0.4, 0.5) is 4.79 Å². The lowest BCUT2D eigenvalue weighted by atomic mass is 9.81. The van der Waals surface area contributed by atoms with Gasteiger partial charge in [-0.15, -0.1) is 11.3 Å². The number of carbonyl (C=O) groups excluding carboxylic acids is 1. The molecule has 29 heavy (non-hydrogen) atoms. The Morgan fingerprint density at radius 3 is 2.86 bits per heavy atom. The van der Waals surface area contributed by atoms with Crippen LogP contribution in [0.1, 0.15) is 57.4 Å². The number of carboxylic acid groups (broad SMARTS) is 1. The Labute approximate surface area is 180 Å². The van der Waals surface area contributed by atoms with E-state index in [2.05, 4.69) is 11.9 Å². The van der Waals surface area contributed by atoms with Crippen LogP contribution >= 0.6 is 23.1 Å². The molecule has 3 atom stereocenters. The van der Waals surface area contributed by atoms with Crippen LogP contribution in [0, 0.1) is 5.41 Å². The van der Waals surface area contributed by atoms with Crippen molar-refractivity contribution in [3.63, 3.8) is 0 Å². The third-order valence-corrected chi connectivity index (χ3v) is 7.09. The number of rotatable bonds is 11. The number of carboxylic acids is 1. The predicted octanol–water partition coefficient (Wildman–Crippen LogP) is 4.28. The van der Waals surface area contributed by atoms with Gasteiger partial charge in [0, 0.05) is 17.7 Å². The molecule has 0 aromatic carbocycles. The second kappa shape index (κ2) is 10.4. The SMILES string of the molecule is CCCCC(C)(C)C(O)C=CC1C(C)OC(=O)N1CCSc1nc(C(=O)O)cs1. The zero-order valence-electron chi connectivity index (χ0n) is 17.3. The molecule has 0 radical (unpaired) electrons. The van der Waals surface area contributed by atoms with Gasteiger partial charge in [0.25, 0.3) is 0 Å². The molecule has 0 bridgehead atoms. The van der Waals surface area contributed by atoms with E-state index in [0.717, 1.165) is 19.3 Å². The van der Waals surface area contributed by atoms with E-state index in [-0.39, 0.29) is 29.3 Å². The first-order valence-corrected chi connectivity index (χ1v) is 11.7. The van der Waals surface area contributed by atoms with Crippen molar-refractivity contribution in [3.05, 3.63) is 23.2 Å². The van der Waals surface area contributed by atoms with Gasteiger partial charge in [0.05, 0.1) is 12.1 Å². The maximum Gasteiger partial charge on any atom is 0.410 e. The average Bonchev–Trinajstić information content (AvgIpc) is 3.23. The minimum absolute atomic E-state index is 0.0344. The van der Waals surface area contributed by atoms with E-state index in [4.69, 9.17) is 9.84 Å². The number of ether oxygens (including phenoxy) is 1. The summed E-state index contributed by atoms with van der Waals surface area (Å²) < 4.78 is 6.02. The van der Waals surface area contributed by atoms with Crippen LogP contribution in [0.2, 0.25) is 0 Å². The number of amides is 1. The maximum atomic E-state index is 12.2. The molecule has 1 aromatic rings. The van der Waals surface area contributed by atoms with Crippen molar-refractivity contribution in [3.8, 4) is 0 Å². The number of thiazole rings is 1. The molecule has 1 aliphatic rings. The Balaban J connectivity index is 1.95. The Morgan fingerprint density at radius 2 is 2.24 bits per heavy atom. The predicted molar refractivity (Wildman–Crippen MR) is 115 cm³/mol. The van der Waals surface area contributed by atoms with Crippen LogP contribution in [-0.4, -0.2) is 62.7 Å². The zero-order chi connectivity index (χ0) is 21.6. The van der Waals surface area contributed by atoms with Crippen LogP contribution in [0.5, 0.6) is 0 Å². The largest absolute Gasteiger partial charge is 0.476 e. The van der Waals surface area contributed by atoms with Crippen molar-refractivity contribution in [2.24, 2.45) is 5.41 Å². The number of hydrogen-bond acceptors (Lipinski definition) is 7. The fourth-order valence-electron chi connectivity index (χ4n) is 3.09. The number of thioether (sulfide) groups is 1. The molecule has 2 heterocycles. The maximum absolute atomic E-state index is 12.2. The molecule has 3 unspecified atom stereocenters. The molecule has 2 N–H and O–H groups in total. The highest BCUT2D eigenvalue weighted by Gasteiger charge is 2.37. The molecule has 0 spiro atoms. The number of unbranched alkanes of at least 4 members (excludes halogenated alkanes) is 1. The lowest BCUT2D eigenvalue weighted by molar-refractivity contribution is 0.0690. The van der Waals surface area contributed by atoms with Gasteiger partial charge < -0.3 is 14.9 Å². The molecule has 1 fully saturated rings. The minimum atomic E-state index is -1.05. The molecule has 9 heteroatoms. The van der Waals surface area contributed by atoms with E-state index in [1.54, 1.807) is 11.0 Å². The summed E-state index contributed by atoms with van der Waals surface area (Å²) in [4.78, 5) is 28.8. The number of carbonyl (C=O) groups is 2. The molecule has 1 amide bonds. The van der Waals surface area contributed by atoms with E-state index in [9.17, 15) is 14.7 Å². The van der Waals surface area contributed by atoms with Crippen LogP contribution in [-0.2, 0) is 4.74 Å². The molecule has 162 valence electrons. The standard InChI is InChI=1S/C20H30N2O5S2/c1-5-6-9-20(3,4)16(23)8-7-15-13(2)27-19(26)22(15)10-11-28-18-21-14(12-29-18)17(24)25/h7-8,12-13,15-16,23H,5-6,9-11H2,1-4H3,(H,24,25). The van der Waals surface area contributed by atoms with Gasteiger partial charge in [-0.25, -0.2) is 14.6 Å². The number of cyclic esters (lactones) is 1. The molecule has 2 rings (SSSR count). The highest BCUT2D eigenvalue weighted by atomic mass is 32.2. The van der Waals surface area contributed by atoms with Crippen molar-refractivity contribution in [2.45, 2.75) is 69.5 Å². The van der Waals surface area contributed by atoms with Gasteiger partial charge in [-0.05, 0) is 18.8 Å². The minimum Gasteiger partial charge on any atom is -0.476 e. The molecular formula is C20H30N2O5S2. The summed E-state index contributed by atoms with van der Waals surface area (Å²) in [5.41, 5.74) is -0.195. The normalized spacial score (nSPS) is 21.0. The van der Waals surface area contributed by atoms with Gasteiger partial charge in [-0.3, -0.25) is 4.90 Å². The summed E-state index contributed by atoms with van der Waals surface area (Å²) in [7, 11) is 0. The molecule has 1 saturated heterocycles. The van der Waals surface area contributed by atoms with Crippen LogP contribution in [0.3, 0.4) is 0 Å². The van der Waals surface area contributed by atoms with Gasteiger partial charge in [0.15, 0.2) is 10.0 Å². The van der Waals surface area contributed by atoms with E-state index in [0.29, 0.717) is 16.6 Å². The number of aliphatic hydroxyl groups excluding tert-OH is 1. The van der Waals surface area contributed by atoms with E-state index in [1.165, 1.54) is 28.5 Å². The third kappa shape index (κ3) is 6.45. The van der Waals surface area contributed by atoms with Gasteiger partial charge in [0.2, 0.25) is 0 Å². The molecule has 1 aromatic heterocycles. The Kier molecular flexibility index (Phi) is 8.54. The van der Waals surface area contributed by atoms with Crippen molar-refractivity contribution < 1.29 is 24.5 Å². The quantitative estimate of drug-likeness (QED) is 0.390. The monoisotopic (exact) mass is 442 g/mol. The third-order valence-electron chi connectivity index (χ3n) is 5.09. The lowest BCUT2D eigenvalue weighted by Crippen LogP contribution is -2.36. The fourth-order valence-corrected chi connectivity index (χ4v) is 4.89. The van der Waals surface area contributed by atoms with Crippen molar-refractivity contribution in [1.29, 1.82) is 0 Å². The molecule has 1 aliphatic heterocycles. The van der Waals surface area contributed by atoms with Gasteiger partial charge in [-0.1, -0.05) is 57.5 Å². The second-order valence-electron chi connectivity index (χ2n) is 7.85. The molecular weight excluding hydrogens is 412 g/mol. The lowest BCUT2D eigenvalue weighted by Gasteiger charge is -2.29. The first-order chi connectivity index (χ1) is 13.7. The number of nitrogens with zero attached hydrogens (tertiary/aromatic N) is 2. The molecule has 0 aliphatic carbocycles. The Hall–Kier alpha value is -1.58. The number of aromatic nitrogens is 1. The van der Waals surface area contributed by atoms with E-state index in [1.807, 2.05) is 26.8 Å². The van der Waals surface area contributed by atoms with Crippen molar-refractivity contribution in [2.75, 3.05) is 12.3 Å². The number of aliphatic hydroxyl groups is 1. The second-order valence-corrected chi connectivity index (χ2v) is 10.0. The summed E-state index contributed by atoms with van der Waals surface area (Å²) >= 11 is 2.68. The molecule has 7 nitrogen and oxygen atoms in total. The van der Waals surface area contributed by atoms with Crippen LogP contribution in [0.15, 0.2) is 21.9 Å². The number of aromatic carboxylic acids is 1. The number of hydrogen-bond donors (Lipinski definition) is 2. The smallest absolute Gasteiger partial charge is 0.410 e. The Morgan fingerprint density at radius 1 is 1.52 bits per heavy atom. The topological polar surface area (TPSA) is 100.0 Å². The summed E-state index contributed by atoms with van der Waals surface area (Å²) in [6.45, 7) is 8.51. The fraction of sp³-hybridized carbons (Fsp3) is 0.650. The zero-order valence-corrected chi connectivity index (χ0v) is 19.0. The first-order valence-electron chi connectivity index (χ1n) is 9.81. The van der Waals surface area contributed by atoms with Crippen molar-refractivity contribution in [1.82, 2.24) is 9.88 Å². The van der Waals surface area contributed by atoms with Crippen LogP contribution < -0.4 is 0 Å². The average molecular weight is 443 g/mol. The van der Waals surface area contributed by atoms with Gasteiger partial charge >= 0.3 is 12.1 Å². The van der Waals surface area contributed by atoms with Gasteiger partial charge in [0.1, 0.15) is 6.10 Å². The summed E-state index contributed by atoms with van der Waals surface area (Å²) in [6.07, 6.45) is 5.44. The van der Waals surface area contributed by atoms with Gasteiger partial charge in [-0.2, -0.15) is 0 Å². The first kappa shape index (κ1) is 23.7. The summed E-state index contributed by atoms with van der Waals surface area (Å²) in [5, 5.41) is 21.0. The highest BCUT2D eigenvalue weighted by molar-refractivity contribution is 8.01.